The molecule has 0 spiro atoms. The SMILES string of the molecule is C=C(C)c1ccc(C=CCN)cc1. The van der Waals surface area contributed by atoms with Gasteiger partial charge in [-0.1, -0.05) is 48.6 Å². The molecule has 0 aliphatic rings. The monoisotopic (exact) mass is 173 g/mol. The molecule has 1 nitrogen and oxygen atoms in total. The summed E-state index contributed by atoms with van der Waals surface area (Å²) >= 11 is 0. The number of allylic oxidation sites excluding steroid dienone is 1. The van der Waals surface area contributed by atoms with E-state index in [4.69, 9.17) is 5.73 Å². The van der Waals surface area contributed by atoms with E-state index in [-0.39, 0.29) is 0 Å². The van der Waals surface area contributed by atoms with Crippen molar-refractivity contribution in [2.24, 2.45) is 5.73 Å². The average molecular weight is 173 g/mol. The zero-order valence-electron chi connectivity index (χ0n) is 7.96. The molecule has 2 N–H and O–H groups in total. The molecule has 0 saturated heterocycles. The lowest BCUT2D eigenvalue weighted by Gasteiger charge is -1.99. The highest BCUT2D eigenvalue weighted by Gasteiger charge is 1.91. The molecule has 0 heterocycles. The van der Waals surface area contributed by atoms with Gasteiger partial charge in [0.1, 0.15) is 0 Å². The smallest absolute Gasteiger partial charge is 0.0110 e. The first-order valence-corrected chi connectivity index (χ1v) is 4.36. The van der Waals surface area contributed by atoms with Crippen LogP contribution in [-0.2, 0) is 0 Å². The van der Waals surface area contributed by atoms with E-state index in [1.54, 1.807) is 0 Å². The third kappa shape index (κ3) is 2.88. The van der Waals surface area contributed by atoms with E-state index in [0.717, 1.165) is 5.57 Å². The molecule has 1 heteroatoms. The minimum atomic E-state index is 0.586. The van der Waals surface area contributed by atoms with Crippen molar-refractivity contribution in [1.82, 2.24) is 0 Å². The van der Waals surface area contributed by atoms with E-state index in [1.165, 1.54) is 11.1 Å². The summed E-state index contributed by atoms with van der Waals surface area (Å²) in [5.41, 5.74) is 8.81. The van der Waals surface area contributed by atoms with Gasteiger partial charge >= 0.3 is 0 Å². The highest BCUT2D eigenvalue weighted by atomic mass is 14.5. The van der Waals surface area contributed by atoms with Gasteiger partial charge in [0, 0.05) is 6.54 Å². The fourth-order valence-corrected chi connectivity index (χ4v) is 1.08. The first kappa shape index (κ1) is 9.75. The zero-order valence-corrected chi connectivity index (χ0v) is 7.96. The van der Waals surface area contributed by atoms with Crippen LogP contribution in [0.15, 0.2) is 36.9 Å². The lowest BCUT2D eigenvalue weighted by molar-refractivity contribution is 1.26. The minimum Gasteiger partial charge on any atom is -0.327 e. The molecule has 0 saturated carbocycles. The standard InChI is InChI=1S/C12H15N/c1-10(2)12-7-5-11(6-8-12)4-3-9-13/h3-8H,1,9,13H2,2H3. The molecule has 0 aliphatic carbocycles. The van der Waals surface area contributed by atoms with Crippen LogP contribution in [-0.4, -0.2) is 6.54 Å². The molecule has 0 atom stereocenters. The van der Waals surface area contributed by atoms with Gasteiger partial charge in [-0.25, -0.2) is 0 Å². The van der Waals surface area contributed by atoms with Gasteiger partial charge in [-0.15, -0.1) is 0 Å². The molecule has 13 heavy (non-hydrogen) atoms. The Balaban J connectivity index is 2.81. The Labute approximate surface area is 79.6 Å². The van der Waals surface area contributed by atoms with E-state index >= 15 is 0 Å². The number of hydrogen-bond acceptors (Lipinski definition) is 1. The van der Waals surface area contributed by atoms with Gasteiger partial charge in [0.25, 0.3) is 0 Å². The van der Waals surface area contributed by atoms with Crippen LogP contribution in [0.3, 0.4) is 0 Å². The van der Waals surface area contributed by atoms with Gasteiger partial charge in [-0.2, -0.15) is 0 Å². The van der Waals surface area contributed by atoms with Crippen molar-refractivity contribution >= 4 is 11.6 Å². The van der Waals surface area contributed by atoms with Crippen molar-refractivity contribution in [2.75, 3.05) is 6.54 Å². The lowest BCUT2D eigenvalue weighted by Crippen LogP contribution is -1.91. The van der Waals surface area contributed by atoms with Gasteiger partial charge in [0.2, 0.25) is 0 Å². The summed E-state index contributed by atoms with van der Waals surface area (Å²) in [6, 6.07) is 8.27. The molecule has 1 aromatic rings. The Morgan fingerprint density at radius 1 is 1.38 bits per heavy atom. The summed E-state index contributed by atoms with van der Waals surface area (Å²) in [6.07, 6.45) is 3.96. The topological polar surface area (TPSA) is 26.0 Å². The summed E-state index contributed by atoms with van der Waals surface area (Å²) in [6.45, 7) is 6.47. The van der Waals surface area contributed by atoms with Gasteiger partial charge < -0.3 is 5.73 Å². The normalized spacial score (nSPS) is 10.6. The molecular weight excluding hydrogens is 158 g/mol. The molecule has 0 radical (unpaired) electrons. The van der Waals surface area contributed by atoms with Gasteiger partial charge in [-0.3, -0.25) is 0 Å². The van der Waals surface area contributed by atoms with Crippen LogP contribution in [0.25, 0.3) is 11.6 Å². The first-order valence-electron chi connectivity index (χ1n) is 4.36. The zero-order chi connectivity index (χ0) is 9.68. The largest absolute Gasteiger partial charge is 0.327 e. The van der Waals surface area contributed by atoms with Crippen molar-refractivity contribution in [3.8, 4) is 0 Å². The highest BCUT2D eigenvalue weighted by molar-refractivity contribution is 5.63. The van der Waals surface area contributed by atoms with E-state index in [1.807, 2.05) is 19.1 Å². The molecule has 0 fully saturated rings. The Kier molecular flexibility index (Phi) is 3.47. The molecule has 1 rings (SSSR count). The summed E-state index contributed by atoms with van der Waals surface area (Å²) in [5, 5.41) is 0. The molecule has 0 amide bonds. The van der Waals surface area contributed by atoms with Crippen molar-refractivity contribution in [3.05, 3.63) is 48.0 Å². The predicted molar refractivity (Wildman–Crippen MR) is 59.2 cm³/mol. The van der Waals surface area contributed by atoms with Gasteiger partial charge in [0.05, 0.1) is 0 Å². The number of benzene rings is 1. The van der Waals surface area contributed by atoms with Crippen LogP contribution in [0.5, 0.6) is 0 Å². The van der Waals surface area contributed by atoms with Crippen LogP contribution in [0.1, 0.15) is 18.1 Å². The van der Waals surface area contributed by atoms with Crippen LogP contribution in [0.4, 0.5) is 0 Å². The summed E-state index contributed by atoms with van der Waals surface area (Å²) in [4.78, 5) is 0. The van der Waals surface area contributed by atoms with Crippen LogP contribution >= 0.6 is 0 Å². The fraction of sp³-hybridized carbons (Fsp3) is 0.167. The van der Waals surface area contributed by atoms with Crippen LogP contribution in [0.2, 0.25) is 0 Å². The predicted octanol–water partition coefficient (Wildman–Crippen LogP) is 2.69. The molecule has 1 aromatic carbocycles. The summed E-state index contributed by atoms with van der Waals surface area (Å²) in [5.74, 6) is 0. The fourth-order valence-electron chi connectivity index (χ4n) is 1.08. The summed E-state index contributed by atoms with van der Waals surface area (Å²) < 4.78 is 0. The first-order chi connectivity index (χ1) is 6.24. The maximum Gasteiger partial charge on any atom is 0.0110 e. The van der Waals surface area contributed by atoms with E-state index in [2.05, 4.69) is 30.8 Å². The molecule has 68 valence electrons. The third-order valence-corrected chi connectivity index (χ3v) is 1.85. The van der Waals surface area contributed by atoms with Crippen molar-refractivity contribution < 1.29 is 0 Å². The van der Waals surface area contributed by atoms with Crippen LogP contribution < -0.4 is 5.73 Å². The summed E-state index contributed by atoms with van der Waals surface area (Å²) in [7, 11) is 0. The second-order valence-corrected chi connectivity index (χ2v) is 3.04. The number of nitrogens with two attached hydrogens (primary N) is 1. The quantitative estimate of drug-likeness (QED) is 0.747. The van der Waals surface area contributed by atoms with E-state index < -0.39 is 0 Å². The second kappa shape index (κ2) is 4.63. The maximum absolute atomic E-state index is 5.35. The van der Waals surface area contributed by atoms with E-state index in [9.17, 15) is 0 Å². The molecule has 0 aliphatic heterocycles. The average Bonchev–Trinajstić information content (AvgIpc) is 2.15. The second-order valence-electron chi connectivity index (χ2n) is 3.04. The highest BCUT2D eigenvalue weighted by Crippen LogP contribution is 2.12. The Morgan fingerprint density at radius 2 is 2.00 bits per heavy atom. The van der Waals surface area contributed by atoms with Gasteiger partial charge in [-0.05, 0) is 18.1 Å². The molecule has 0 bridgehead atoms. The molecule has 0 aromatic heterocycles. The third-order valence-electron chi connectivity index (χ3n) is 1.85. The lowest BCUT2D eigenvalue weighted by atomic mass is 10.1. The van der Waals surface area contributed by atoms with Crippen LogP contribution in [0, 0.1) is 0 Å². The van der Waals surface area contributed by atoms with E-state index in [0.29, 0.717) is 6.54 Å². The van der Waals surface area contributed by atoms with Gasteiger partial charge in [0.15, 0.2) is 0 Å². The maximum atomic E-state index is 5.35. The van der Waals surface area contributed by atoms with Crippen molar-refractivity contribution in [2.45, 2.75) is 6.92 Å². The van der Waals surface area contributed by atoms with Crippen molar-refractivity contribution in [1.29, 1.82) is 0 Å². The Morgan fingerprint density at radius 3 is 2.46 bits per heavy atom. The number of hydrogen-bond donors (Lipinski definition) is 1. The Hall–Kier alpha value is -1.34. The molecular formula is C12H15N. The molecule has 0 unspecified atom stereocenters. The van der Waals surface area contributed by atoms with Crippen molar-refractivity contribution in [3.63, 3.8) is 0 Å². The minimum absolute atomic E-state index is 0.586. The number of rotatable bonds is 3. The Bertz CT molecular complexity index is 306.